The van der Waals surface area contributed by atoms with Crippen molar-refractivity contribution in [3.05, 3.63) is 42.5 Å². The molecule has 2 aliphatic rings. The van der Waals surface area contributed by atoms with Crippen LogP contribution in [0.3, 0.4) is 0 Å². The van der Waals surface area contributed by atoms with E-state index in [0.717, 1.165) is 25.0 Å². The summed E-state index contributed by atoms with van der Waals surface area (Å²) in [5.74, 6) is -1.02. The highest BCUT2D eigenvalue weighted by Crippen LogP contribution is 2.50. The van der Waals surface area contributed by atoms with E-state index in [4.69, 9.17) is 23.7 Å². The number of allylic oxidation sites excluding steroid dienone is 1. The summed E-state index contributed by atoms with van der Waals surface area (Å²) in [6, 6.07) is 5.54. The zero-order valence-corrected chi connectivity index (χ0v) is 24.7. The summed E-state index contributed by atoms with van der Waals surface area (Å²) in [5, 5.41) is 11.9. The molecule has 2 heterocycles. The first-order valence-corrected chi connectivity index (χ1v) is 14.8. The Bertz CT molecular complexity index is 1000. The first kappa shape index (κ1) is 32.9. The Morgan fingerprint density at radius 1 is 0.976 bits per heavy atom. The van der Waals surface area contributed by atoms with Gasteiger partial charge in [-0.25, -0.2) is 4.79 Å². The average molecular weight is 595 g/mol. The van der Waals surface area contributed by atoms with E-state index in [1.165, 1.54) is 16.7 Å². The fourth-order valence-electron chi connectivity index (χ4n) is 4.57. The normalized spacial score (nSPS) is 20.8. The Morgan fingerprint density at radius 3 is 2.10 bits per heavy atom. The minimum atomic E-state index is -1.03. The van der Waals surface area contributed by atoms with Gasteiger partial charge in [-0.2, -0.15) is 0 Å². The zero-order valence-electron chi connectivity index (χ0n) is 23.9. The summed E-state index contributed by atoms with van der Waals surface area (Å²) in [6.45, 7) is 11.9. The van der Waals surface area contributed by atoms with Crippen LogP contribution < -0.4 is 10.1 Å². The highest BCUT2D eigenvalue weighted by Gasteiger charge is 2.64. The third-order valence-electron chi connectivity index (χ3n) is 6.59. The molecule has 2 fully saturated rings. The van der Waals surface area contributed by atoms with Crippen molar-refractivity contribution in [2.24, 2.45) is 0 Å². The van der Waals surface area contributed by atoms with E-state index in [2.05, 4.69) is 11.9 Å². The summed E-state index contributed by atoms with van der Waals surface area (Å²) in [7, 11) is 0. The quantitative estimate of drug-likeness (QED) is 0.124. The number of aliphatic carboxylic acids is 1. The number of hydrogen-bond donors (Lipinski definition) is 2. The minimum absolute atomic E-state index is 0.102. The number of fused-ring (bicyclic) bond motifs is 1. The SMILES string of the molecule is C=CCCCOCCOCCOCCOCCOc1ccc(CC(=O)N[C@@H]2C(=O)N3[C@@H]2SC(C)(C)[C@@H]3C(=O)O)cc1. The number of thioether (sulfide) groups is 1. The van der Waals surface area contributed by atoms with Crippen molar-refractivity contribution < 1.29 is 43.2 Å². The molecule has 2 amide bonds. The maximum atomic E-state index is 12.6. The molecule has 41 heavy (non-hydrogen) atoms. The highest BCUT2D eigenvalue weighted by molar-refractivity contribution is 8.01. The second-order valence-electron chi connectivity index (χ2n) is 10.2. The number of carbonyl (C=O) groups excluding carboxylic acids is 2. The molecule has 0 aromatic heterocycles. The Labute approximate surface area is 245 Å². The van der Waals surface area contributed by atoms with Gasteiger partial charge in [0.1, 0.15) is 29.8 Å². The molecule has 228 valence electrons. The molecular formula is C29H42N2O9S. The second-order valence-corrected chi connectivity index (χ2v) is 12.0. The van der Waals surface area contributed by atoms with E-state index in [1.807, 2.05) is 6.08 Å². The van der Waals surface area contributed by atoms with Crippen molar-refractivity contribution in [2.45, 2.75) is 55.3 Å². The van der Waals surface area contributed by atoms with Gasteiger partial charge < -0.3 is 39.0 Å². The van der Waals surface area contributed by atoms with Crippen LogP contribution in [0.1, 0.15) is 32.3 Å². The number of carboxylic acids is 1. The van der Waals surface area contributed by atoms with Gasteiger partial charge in [0.25, 0.3) is 0 Å². The van der Waals surface area contributed by atoms with Crippen molar-refractivity contribution in [1.29, 1.82) is 0 Å². The van der Waals surface area contributed by atoms with Gasteiger partial charge >= 0.3 is 5.97 Å². The van der Waals surface area contributed by atoms with Gasteiger partial charge in [0.15, 0.2) is 0 Å². The van der Waals surface area contributed by atoms with E-state index in [9.17, 15) is 19.5 Å². The molecule has 0 saturated carbocycles. The Balaban J connectivity index is 1.20. The number of β-lactam (4-membered cyclic amide) rings is 1. The first-order valence-electron chi connectivity index (χ1n) is 13.9. The molecule has 0 aliphatic carbocycles. The summed E-state index contributed by atoms with van der Waals surface area (Å²) < 4.78 is 26.9. The topological polar surface area (TPSA) is 133 Å². The van der Waals surface area contributed by atoms with Crippen LogP contribution in [0.4, 0.5) is 0 Å². The van der Waals surface area contributed by atoms with Crippen LogP contribution in [0.5, 0.6) is 5.75 Å². The van der Waals surface area contributed by atoms with Crippen molar-refractivity contribution in [3.8, 4) is 5.75 Å². The van der Waals surface area contributed by atoms with E-state index in [0.29, 0.717) is 58.6 Å². The van der Waals surface area contributed by atoms with Gasteiger partial charge in [0.2, 0.25) is 11.8 Å². The van der Waals surface area contributed by atoms with Crippen molar-refractivity contribution in [1.82, 2.24) is 10.2 Å². The summed E-state index contributed by atoms with van der Waals surface area (Å²) in [5.41, 5.74) is 0.773. The monoisotopic (exact) mass is 594 g/mol. The first-order chi connectivity index (χ1) is 19.7. The van der Waals surface area contributed by atoms with Crippen LogP contribution in [0.15, 0.2) is 36.9 Å². The maximum absolute atomic E-state index is 12.6. The van der Waals surface area contributed by atoms with Crippen molar-refractivity contribution in [3.63, 3.8) is 0 Å². The average Bonchev–Trinajstić information content (AvgIpc) is 3.20. The van der Waals surface area contributed by atoms with E-state index in [-0.39, 0.29) is 23.6 Å². The molecule has 0 spiro atoms. The van der Waals surface area contributed by atoms with E-state index >= 15 is 0 Å². The Morgan fingerprint density at radius 2 is 1.54 bits per heavy atom. The van der Waals surface area contributed by atoms with Crippen LogP contribution in [-0.2, 0) is 39.8 Å². The summed E-state index contributed by atoms with van der Waals surface area (Å²) in [6.07, 6.45) is 3.93. The van der Waals surface area contributed by atoms with Gasteiger partial charge in [0.05, 0.1) is 52.7 Å². The second kappa shape index (κ2) is 16.7. The number of nitrogens with zero attached hydrogens (tertiary/aromatic N) is 1. The molecule has 11 nitrogen and oxygen atoms in total. The van der Waals surface area contributed by atoms with E-state index in [1.54, 1.807) is 38.1 Å². The molecule has 0 unspecified atom stereocenters. The number of ether oxygens (including phenoxy) is 5. The fraction of sp³-hybridized carbons (Fsp3) is 0.621. The lowest BCUT2D eigenvalue weighted by atomic mass is 9.96. The van der Waals surface area contributed by atoms with Gasteiger partial charge in [-0.1, -0.05) is 18.2 Å². The predicted molar refractivity (Wildman–Crippen MR) is 154 cm³/mol. The fourth-order valence-corrected chi connectivity index (χ4v) is 6.19. The molecule has 2 aliphatic heterocycles. The van der Waals surface area contributed by atoms with Gasteiger partial charge in [-0.15, -0.1) is 18.3 Å². The Kier molecular flexibility index (Phi) is 13.4. The molecule has 0 radical (unpaired) electrons. The Hall–Kier alpha value is -2.64. The number of amides is 2. The lowest BCUT2D eigenvalue weighted by molar-refractivity contribution is -0.161. The number of carbonyl (C=O) groups is 3. The van der Waals surface area contributed by atoms with Gasteiger partial charge in [-0.05, 0) is 44.4 Å². The number of hydrogen-bond acceptors (Lipinski definition) is 9. The largest absolute Gasteiger partial charge is 0.491 e. The zero-order chi connectivity index (χ0) is 29.7. The van der Waals surface area contributed by atoms with Gasteiger partial charge in [-0.3, -0.25) is 9.59 Å². The van der Waals surface area contributed by atoms with Crippen LogP contribution >= 0.6 is 11.8 Å². The minimum Gasteiger partial charge on any atom is -0.491 e. The molecule has 1 aromatic rings. The predicted octanol–water partition coefficient (Wildman–Crippen LogP) is 2.27. The number of nitrogens with one attached hydrogen (secondary N) is 1. The van der Waals surface area contributed by atoms with Crippen LogP contribution in [0.25, 0.3) is 0 Å². The van der Waals surface area contributed by atoms with E-state index < -0.39 is 22.8 Å². The molecular weight excluding hydrogens is 552 g/mol. The summed E-state index contributed by atoms with van der Waals surface area (Å²) in [4.78, 5) is 38.1. The van der Waals surface area contributed by atoms with Crippen molar-refractivity contribution >= 4 is 29.5 Å². The number of benzene rings is 1. The number of carboxylic acid groups (broad SMARTS) is 1. The molecule has 12 heteroatoms. The summed E-state index contributed by atoms with van der Waals surface area (Å²) >= 11 is 1.40. The van der Waals surface area contributed by atoms with Crippen LogP contribution in [0.2, 0.25) is 0 Å². The smallest absolute Gasteiger partial charge is 0.327 e. The van der Waals surface area contributed by atoms with Crippen molar-refractivity contribution in [2.75, 3.05) is 59.5 Å². The molecule has 2 N–H and O–H groups in total. The third-order valence-corrected chi connectivity index (χ3v) is 8.16. The molecule has 0 bridgehead atoms. The van der Waals surface area contributed by atoms with Crippen LogP contribution in [0, 0.1) is 0 Å². The lowest BCUT2D eigenvalue weighted by Crippen LogP contribution is -2.70. The maximum Gasteiger partial charge on any atom is 0.327 e. The highest BCUT2D eigenvalue weighted by atomic mass is 32.2. The molecule has 3 atom stereocenters. The number of rotatable bonds is 21. The van der Waals surface area contributed by atoms with Gasteiger partial charge in [0, 0.05) is 11.4 Å². The lowest BCUT2D eigenvalue weighted by Gasteiger charge is -2.43. The van der Waals surface area contributed by atoms with Crippen LogP contribution in [-0.4, -0.2) is 109 Å². The standard InChI is InChI=1S/C29H42N2O9S/c1-4-5-6-11-36-12-13-37-14-15-38-16-17-39-18-19-40-22-9-7-21(8-10-22)20-23(32)30-24-26(33)31-25(28(34)35)29(2,3)41-27(24)31/h4,7-10,24-25,27H,1,5-6,11-20H2,2-3H3,(H,30,32)(H,34,35)/t24-,25+,27-/m1/s1. The molecule has 2 saturated heterocycles. The molecule has 1 aromatic carbocycles. The third kappa shape index (κ3) is 10.00. The molecule has 3 rings (SSSR count). The number of unbranched alkanes of at least 4 members (excludes halogenated alkanes) is 1.